The van der Waals surface area contributed by atoms with Crippen LogP contribution in [-0.2, 0) is 17.1 Å². The number of hydrogen-bond donors (Lipinski definition) is 1. The predicted molar refractivity (Wildman–Crippen MR) is 76.2 cm³/mol. The zero-order valence-corrected chi connectivity index (χ0v) is 12.4. The zero-order chi connectivity index (χ0) is 14.3. The minimum absolute atomic E-state index is 0.118. The summed E-state index contributed by atoms with van der Waals surface area (Å²) in [4.78, 5) is 0.118. The van der Waals surface area contributed by atoms with Crippen LogP contribution < -0.4 is 4.72 Å². The maximum atomic E-state index is 12.5. The van der Waals surface area contributed by atoms with Gasteiger partial charge in [0, 0.05) is 13.2 Å². The molecular weight excluding hydrogens is 298 g/mol. The highest BCUT2D eigenvalue weighted by atomic mass is 32.2. The fourth-order valence-corrected chi connectivity index (χ4v) is 3.77. The monoisotopic (exact) mass is 309 g/mol. The molecule has 3 aromatic rings. The summed E-state index contributed by atoms with van der Waals surface area (Å²) in [6.45, 7) is 1.74. The molecule has 0 fully saturated rings. The number of anilines is 1. The molecule has 0 saturated heterocycles. The summed E-state index contributed by atoms with van der Waals surface area (Å²) in [7, 11) is -1.99. The largest absolute Gasteiger partial charge is 0.276 e. The third-order valence-corrected chi connectivity index (χ3v) is 4.74. The standard InChI is InChI=1S/C11H11N5O2S2/c1-7-9(6-16(2)12-7)15-20(17,18)10-5-3-4-8-11(10)14-19-13-8/h3-6,15H,1-2H3. The van der Waals surface area contributed by atoms with Crippen molar-refractivity contribution in [1.29, 1.82) is 0 Å². The van der Waals surface area contributed by atoms with E-state index in [0.29, 0.717) is 22.4 Å². The summed E-state index contributed by atoms with van der Waals surface area (Å²) >= 11 is 0.988. The van der Waals surface area contributed by atoms with E-state index in [1.807, 2.05) is 0 Å². The van der Waals surface area contributed by atoms with E-state index in [1.54, 1.807) is 37.0 Å². The van der Waals surface area contributed by atoms with Gasteiger partial charge in [-0.3, -0.25) is 9.40 Å². The average Bonchev–Trinajstić information content (AvgIpc) is 2.95. The van der Waals surface area contributed by atoms with Gasteiger partial charge in [-0.25, -0.2) is 8.42 Å². The molecule has 0 spiro atoms. The third kappa shape index (κ3) is 2.14. The normalized spacial score (nSPS) is 11.9. The van der Waals surface area contributed by atoms with Crippen molar-refractivity contribution >= 4 is 38.5 Å². The summed E-state index contributed by atoms with van der Waals surface area (Å²) in [5.41, 5.74) is 2.01. The molecule has 104 valence electrons. The number of aryl methyl sites for hydroxylation is 2. The second-order valence-electron chi connectivity index (χ2n) is 4.30. The summed E-state index contributed by atoms with van der Waals surface area (Å²) in [5.74, 6) is 0. The molecule has 0 amide bonds. The van der Waals surface area contributed by atoms with Crippen LogP contribution in [0.3, 0.4) is 0 Å². The van der Waals surface area contributed by atoms with Gasteiger partial charge in [-0.05, 0) is 19.1 Å². The highest BCUT2D eigenvalue weighted by Gasteiger charge is 2.21. The van der Waals surface area contributed by atoms with Gasteiger partial charge in [-0.2, -0.15) is 13.8 Å². The molecular formula is C11H11N5O2S2. The number of rotatable bonds is 3. The van der Waals surface area contributed by atoms with Gasteiger partial charge in [0.05, 0.1) is 23.1 Å². The Bertz CT molecular complexity index is 881. The Morgan fingerprint density at radius 2 is 2.10 bits per heavy atom. The van der Waals surface area contributed by atoms with E-state index < -0.39 is 10.0 Å². The van der Waals surface area contributed by atoms with Crippen LogP contribution in [0.1, 0.15) is 5.69 Å². The molecule has 0 unspecified atom stereocenters. The molecule has 1 N–H and O–H groups in total. The van der Waals surface area contributed by atoms with Crippen LogP contribution in [-0.4, -0.2) is 26.9 Å². The van der Waals surface area contributed by atoms with Crippen LogP contribution in [0.25, 0.3) is 11.0 Å². The Morgan fingerprint density at radius 3 is 2.80 bits per heavy atom. The van der Waals surface area contributed by atoms with Gasteiger partial charge < -0.3 is 0 Å². The highest BCUT2D eigenvalue weighted by molar-refractivity contribution is 7.93. The topological polar surface area (TPSA) is 89.8 Å². The molecule has 7 nitrogen and oxygen atoms in total. The van der Waals surface area contributed by atoms with Crippen molar-refractivity contribution in [3.63, 3.8) is 0 Å². The van der Waals surface area contributed by atoms with Crippen molar-refractivity contribution in [3.05, 3.63) is 30.1 Å². The van der Waals surface area contributed by atoms with Crippen LogP contribution in [0.2, 0.25) is 0 Å². The summed E-state index contributed by atoms with van der Waals surface area (Å²) in [6, 6.07) is 4.89. The fraction of sp³-hybridized carbons (Fsp3) is 0.182. The van der Waals surface area contributed by atoms with Crippen molar-refractivity contribution < 1.29 is 8.42 Å². The smallest absolute Gasteiger partial charge is 0.264 e. The summed E-state index contributed by atoms with van der Waals surface area (Å²) in [5, 5.41) is 4.11. The van der Waals surface area contributed by atoms with E-state index >= 15 is 0 Å². The average molecular weight is 309 g/mol. The molecule has 0 aliphatic heterocycles. The summed E-state index contributed by atoms with van der Waals surface area (Å²) in [6.07, 6.45) is 1.62. The lowest BCUT2D eigenvalue weighted by molar-refractivity contribution is 0.602. The van der Waals surface area contributed by atoms with Gasteiger partial charge in [-0.1, -0.05) is 6.07 Å². The maximum absolute atomic E-state index is 12.5. The fourth-order valence-electron chi connectivity index (χ4n) is 1.90. The zero-order valence-electron chi connectivity index (χ0n) is 10.7. The molecule has 2 aromatic heterocycles. The van der Waals surface area contributed by atoms with Gasteiger partial charge in [-0.15, -0.1) is 0 Å². The van der Waals surface area contributed by atoms with Gasteiger partial charge in [0.25, 0.3) is 10.0 Å². The molecule has 2 heterocycles. The Labute approximate surface area is 119 Å². The van der Waals surface area contributed by atoms with Crippen molar-refractivity contribution in [3.8, 4) is 0 Å². The van der Waals surface area contributed by atoms with Crippen molar-refractivity contribution in [2.45, 2.75) is 11.8 Å². The number of hydrogen-bond acceptors (Lipinski definition) is 6. The Kier molecular flexibility index (Phi) is 2.94. The van der Waals surface area contributed by atoms with Gasteiger partial charge in [0.1, 0.15) is 15.9 Å². The molecule has 0 saturated carbocycles. The van der Waals surface area contributed by atoms with E-state index in [-0.39, 0.29) is 4.90 Å². The highest BCUT2D eigenvalue weighted by Crippen LogP contribution is 2.24. The molecule has 0 atom stereocenters. The second-order valence-corrected chi connectivity index (χ2v) is 6.47. The first-order valence-corrected chi connectivity index (χ1v) is 7.93. The molecule has 0 aliphatic rings. The quantitative estimate of drug-likeness (QED) is 0.792. The van der Waals surface area contributed by atoms with Crippen LogP contribution in [0.4, 0.5) is 5.69 Å². The van der Waals surface area contributed by atoms with E-state index in [0.717, 1.165) is 11.7 Å². The van der Waals surface area contributed by atoms with Crippen LogP contribution in [0, 0.1) is 6.92 Å². The lowest BCUT2D eigenvalue weighted by atomic mass is 10.3. The minimum atomic E-state index is -3.72. The van der Waals surface area contributed by atoms with Gasteiger partial charge in [0.2, 0.25) is 0 Å². The molecule has 9 heteroatoms. The van der Waals surface area contributed by atoms with E-state index in [2.05, 4.69) is 18.6 Å². The SMILES string of the molecule is Cc1nn(C)cc1NS(=O)(=O)c1cccc2nsnc12. The number of nitrogens with one attached hydrogen (secondary N) is 1. The molecule has 0 radical (unpaired) electrons. The number of aromatic nitrogens is 4. The Balaban J connectivity index is 2.08. The second kappa shape index (κ2) is 4.53. The van der Waals surface area contributed by atoms with Crippen LogP contribution in [0.15, 0.2) is 29.3 Å². The van der Waals surface area contributed by atoms with Gasteiger partial charge in [0.15, 0.2) is 0 Å². The first-order valence-electron chi connectivity index (χ1n) is 5.72. The third-order valence-electron chi connectivity index (χ3n) is 2.80. The predicted octanol–water partition coefficient (Wildman–Crippen LogP) is 1.53. The molecule has 3 rings (SSSR count). The van der Waals surface area contributed by atoms with Crippen molar-refractivity contribution in [1.82, 2.24) is 18.5 Å². The minimum Gasteiger partial charge on any atom is -0.276 e. The number of nitrogens with zero attached hydrogens (tertiary/aromatic N) is 4. The molecule has 1 aromatic carbocycles. The lowest BCUT2D eigenvalue weighted by Gasteiger charge is -2.06. The van der Waals surface area contributed by atoms with Crippen molar-refractivity contribution in [2.24, 2.45) is 7.05 Å². The van der Waals surface area contributed by atoms with Crippen LogP contribution in [0.5, 0.6) is 0 Å². The first kappa shape index (κ1) is 13.0. The summed E-state index contributed by atoms with van der Waals surface area (Å²) < 4.78 is 37.1. The lowest BCUT2D eigenvalue weighted by Crippen LogP contribution is -2.13. The Morgan fingerprint density at radius 1 is 1.30 bits per heavy atom. The number of fused-ring (bicyclic) bond motifs is 1. The molecule has 20 heavy (non-hydrogen) atoms. The molecule has 0 bridgehead atoms. The van der Waals surface area contributed by atoms with E-state index in [4.69, 9.17) is 0 Å². The van der Waals surface area contributed by atoms with E-state index in [9.17, 15) is 8.42 Å². The van der Waals surface area contributed by atoms with Crippen molar-refractivity contribution in [2.75, 3.05) is 4.72 Å². The van der Waals surface area contributed by atoms with Crippen LogP contribution >= 0.6 is 11.7 Å². The van der Waals surface area contributed by atoms with E-state index in [1.165, 1.54) is 6.07 Å². The first-order chi connectivity index (χ1) is 9.47. The molecule has 0 aliphatic carbocycles. The van der Waals surface area contributed by atoms with Gasteiger partial charge >= 0.3 is 0 Å². The number of benzene rings is 1. The maximum Gasteiger partial charge on any atom is 0.264 e. The Hall–Kier alpha value is -2.00. The number of sulfonamides is 1.